The summed E-state index contributed by atoms with van der Waals surface area (Å²) in [6, 6.07) is 3.74. The Morgan fingerprint density at radius 1 is 1.50 bits per heavy atom. The molecule has 110 valence electrons. The van der Waals surface area contributed by atoms with Gasteiger partial charge in [0.15, 0.2) is 0 Å². The van der Waals surface area contributed by atoms with Crippen LogP contribution in [-0.2, 0) is 16.1 Å². The standard InChI is InChI=1S/C15H22N2O3/c1-5-7-17(11-15(18)20-6-2)10-13-9-14(19-4)8-12(3)16-13/h5,8-9H,1,6-7,10-11H2,2-4H3. The maximum Gasteiger partial charge on any atom is 0.320 e. The molecule has 0 fully saturated rings. The van der Waals surface area contributed by atoms with Gasteiger partial charge in [-0.3, -0.25) is 14.7 Å². The first-order valence-corrected chi connectivity index (χ1v) is 6.59. The number of methoxy groups -OCH3 is 1. The number of nitrogens with zero attached hydrogens (tertiary/aromatic N) is 2. The lowest BCUT2D eigenvalue weighted by Gasteiger charge is -2.19. The van der Waals surface area contributed by atoms with E-state index in [4.69, 9.17) is 9.47 Å². The fourth-order valence-corrected chi connectivity index (χ4v) is 1.89. The van der Waals surface area contributed by atoms with Gasteiger partial charge in [0, 0.05) is 30.9 Å². The molecule has 0 unspecified atom stereocenters. The van der Waals surface area contributed by atoms with E-state index in [1.165, 1.54) is 0 Å². The molecule has 0 amide bonds. The molecule has 0 aliphatic carbocycles. The minimum Gasteiger partial charge on any atom is -0.497 e. The summed E-state index contributed by atoms with van der Waals surface area (Å²) >= 11 is 0. The van der Waals surface area contributed by atoms with Crippen LogP contribution in [0.3, 0.4) is 0 Å². The number of pyridine rings is 1. The van der Waals surface area contributed by atoms with Crippen molar-refractivity contribution in [1.29, 1.82) is 0 Å². The highest BCUT2D eigenvalue weighted by Gasteiger charge is 2.12. The molecule has 20 heavy (non-hydrogen) atoms. The van der Waals surface area contributed by atoms with Crippen LogP contribution in [0.2, 0.25) is 0 Å². The summed E-state index contributed by atoms with van der Waals surface area (Å²) in [5, 5.41) is 0. The van der Waals surface area contributed by atoms with Crippen molar-refractivity contribution >= 4 is 5.97 Å². The van der Waals surface area contributed by atoms with Crippen molar-refractivity contribution in [3.63, 3.8) is 0 Å². The molecule has 1 rings (SSSR count). The molecule has 5 nitrogen and oxygen atoms in total. The van der Waals surface area contributed by atoms with Crippen LogP contribution in [0.4, 0.5) is 0 Å². The Hall–Kier alpha value is -1.88. The molecular weight excluding hydrogens is 256 g/mol. The first-order valence-electron chi connectivity index (χ1n) is 6.59. The smallest absolute Gasteiger partial charge is 0.320 e. The third-order valence-corrected chi connectivity index (χ3v) is 2.65. The highest BCUT2D eigenvalue weighted by atomic mass is 16.5. The first-order chi connectivity index (χ1) is 9.58. The van der Waals surface area contributed by atoms with Crippen molar-refractivity contribution in [2.45, 2.75) is 20.4 Å². The van der Waals surface area contributed by atoms with Crippen LogP contribution in [0, 0.1) is 6.92 Å². The van der Waals surface area contributed by atoms with Crippen molar-refractivity contribution in [3.8, 4) is 5.75 Å². The summed E-state index contributed by atoms with van der Waals surface area (Å²) in [4.78, 5) is 17.9. The van der Waals surface area contributed by atoms with E-state index >= 15 is 0 Å². The van der Waals surface area contributed by atoms with Crippen LogP contribution in [0.1, 0.15) is 18.3 Å². The number of aromatic nitrogens is 1. The summed E-state index contributed by atoms with van der Waals surface area (Å²) in [7, 11) is 1.62. The molecule has 0 spiro atoms. The largest absolute Gasteiger partial charge is 0.497 e. The van der Waals surface area contributed by atoms with E-state index in [0.717, 1.165) is 17.1 Å². The Bertz CT molecular complexity index is 460. The van der Waals surface area contributed by atoms with Gasteiger partial charge in [-0.25, -0.2) is 0 Å². The highest BCUT2D eigenvalue weighted by Crippen LogP contribution is 2.14. The van der Waals surface area contributed by atoms with Crippen LogP contribution in [-0.4, -0.2) is 42.7 Å². The fraction of sp³-hybridized carbons (Fsp3) is 0.467. The molecule has 1 aromatic rings. The number of carbonyl (C=O) groups excluding carboxylic acids is 1. The predicted octanol–water partition coefficient (Wildman–Crippen LogP) is 1.95. The van der Waals surface area contributed by atoms with E-state index in [-0.39, 0.29) is 12.5 Å². The summed E-state index contributed by atoms with van der Waals surface area (Å²) in [6.07, 6.45) is 1.76. The van der Waals surface area contributed by atoms with E-state index < -0.39 is 0 Å². The van der Waals surface area contributed by atoms with Crippen molar-refractivity contribution < 1.29 is 14.3 Å². The van der Waals surface area contributed by atoms with Crippen LogP contribution in [0.5, 0.6) is 5.75 Å². The van der Waals surface area contributed by atoms with Crippen LogP contribution in [0.25, 0.3) is 0 Å². The van der Waals surface area contributed by atoms with Gasteiger partial charge in [0.05, 0.1) is 26.0 Å². The number of hydrogen-bond donors (Lipinski definition) is 0. The minimum atomic E-state index is -0.242. The number of rotatable bonds is 8. The average molecular weight is 278 g/mol. The van der Waals surface area contributed by atoms with Gasteiger partial charge in [-0.15, -0.1) is 6.58 Å². The summed E-state index contributed by atoms with van der Waals surface area (Å²) < 4.78 is 10.2. The minimum absolute atomic E-state index is 0.220. The quantitative estimate of drug-likeness (QED) is 0.537. The van der Waals surface area contributed by atoms with E-state index in [9.17, 15) is 4.79 Å². The van der Waals surface area contributed by atoms with Crippen molar-refractivity contribution in [2.24, 2.45) is 0 Å². The van der Waals surface area contributed by atoms with Crippen LogP contribution in [0.15, 0.2) is 24.8 Å². The molecule has 1 heterocycles. The second-order valence-corrected chi connectivity index (χ2v) is 4.40. The van der Waals surface area contributed by atoms with Crippen LogP contribution >= 0.6 is 0 Å². The molecule has 1 aromatic heterocycles. The van der Waals surface area contributed by atoms with Gasteiger partial charge in [-0.2, -0.15) is 0 Å². The molecule has 0 radical (unpaired) electrons. The molecule has 0 saturated heterocycles. The van der Waals surface area contributed by atoms with Gasteiger partial charge in [0.2, 0.25) is 0 Å². The highest BCUT2D eigenvalue weighted by molar-refractivity contribution is 5.71. The molecule has 0 saturated carbocycles. The topological polar surface area (TPSA) is 51.7 Å². The number of carbonyl (C=O) groups is 1. The SMILES string of the molecule is C=CCN(CC(=O)OCC)Cc1cc(OC)cc(C)n1. The zero-order valence-corrected chi connectivity index (χ0v) is 12.4. The number of ether oxygens (including phenoxy) is 2. The van der Waals surface area contributed by atoms with Crippen molar-refractivity contribution in [3.05, 3.63) is 36.2 Å². The third-order valence-electron chi connectivity index (χ3n) is 2.65. The van der Waals surface area contributed by atoms with E-state index in [2.05, 4.69) is 11.6 Å². The van der Waals surface area contributed by atoms with Gasteiger partial charge in [-0.1, -0.05) is 6.08 Å². The summed E-state index contributed by atoms with van der Waals surface area (Å²) in [5.74, 6) is 0.524. The molecule has 0 aliphatic rings. The van der Waals surface area contributed by atoms with E-state index in [0.29, 0.717) is 19.7 Å². The Balaban J connectivity index is 2.76. The van der Waals surface area contributed by atoms with E-state index in [1.54, 1.807) is 20.1 Å². The maximum atomic E-state index is 11.6. The van der Waals surface area contributed by atoms with Gasteiger partial charge in [-0.05, 0) is 13.8 Å². The normalized spacial score (nSPS) is 10.4. The summed E-state index contributed by atoms with van der Waals surface area (Å²) in [5.41, 5.74) is 1.74. The molecule has 0 aromatic carbocycles. The monoisotopic (exact) mass is 278 g/mol. The molecule has 5 heteroatoms. The van der Waals surface area contributed by atoms with Crippen molar-refractivity contribution in [1.82, 2.24) is 9.88 Å². The van der Waals surface area contributed by atoms with Crippen molar-refractivity contribution in [2.75, 3.05) is 26.8 Å². The fourth-order valence-electron chi connectivity index (χ4n) is 1.89. The van der Waals surface area contributed by atoms with Gasteiger partial charge in [0.25, 0.3) is 0 Å². The van der Waals surface area contributed by atoms with Crippen LogP contribution < -0.4 is 4.74 Å². The Kier molecular flexibility index (Phi) is 6.73. The zero-order valence-electron chi connectivity index (χ0n) is 12.4. The Labute approximate surface area is 120 Å². The first kappa shape index (κ1) is 16.2. The average Bonchev–Trinajstić information content (AvgIpc) is 2.38. The Morgan fingerprint density at radius 3 is 2.85 bits per heavy atom. The second-order valence-electron chi connectivity index (χ2n) is 4.40. The Morgan fingerprint density at radius 2 is 2.25 bits per heavy atom. The van der Waals surface area contributed by atoms with Gasteiger partial charge < -0.3 is 9.47 Å². The van der Waals surface area contributed by atoms with E-state index in [1.807, 2.05) is 24.0 Å². The third kappa shape index (κ3) is 5.40. The maximum absolute atomic E-state index is 11.6. The molecule has 0 bridgehead atoms. The van der Waals surface area contributed by atoms with Gasteiger partial charge >= 0.3 is 5.97 Å². The lowest BCUT2D eigenvalue weighted by Crippen LogP contribution is -2.31. The number of esters is 1. The summed E-state index contributed by atoms with van der Waals surface area (Å²) in [6.45, 7) is 9.16. The molecular formula is C15H22N2O3. The molecule has 0 atom stereocenters. The number of hydrogen-bond acceptors (Lipinski definition) is 5. The molecule has 0 N–H and O–H groups in total. The predicted molar refractivity (Wildman–Crippen MR) is 77.6 cm³/mol. The lowest BCUT2D eigenvalue weighted by molar-refractivity contribution is -0.144. The zero-order chi connectivity index (χ0) is 15.0. The van der Waals surface area contributed by atoms with Gasteiger partial charge in [0.1, 0.15) is 5.75 Å². The lowest BCUT2D eigenvalue weighted by atomic mass is 10.2. The molecule has 0 aliphatic heterocycles. The number of aryl methyl sites for hydroxylation is 1. The second kappa shape index (κ2) is 8.32.